The average Bonchev–Trinajstić information content (AvgIpc) is 2.39. The molecular weight excluding hydrogens is 282 g/mol. The van der Waals surface area contributed by atoms with E-state index in [1.54, 1.807) is 23.9 Å². The van der Waals surface area contributed by atoms with E-state index in [0.717, 1.165) is 18.7 Å². The Morgan fingerprint density at radius 1 is 1.37 bits per heavy atom. The minimum atomic E-state index is -3.48. The summed E-state index contributed by atoms with van der Waals surface area (Å²) >= 11 is 1.63. The molecule has 7 heteroatoms. The summed E-state index contributed by atoms with van der Waals surface area (Å²) in [5, 5.41) is 3.03. The summed E-state index contributed by atoms with van der Waals surface area (Å²) in [5.41, 5.74) is 0. The van der Waals surface area contributed by atoms with Gasteiger partial charge in [-0.15, -0.1) is 0 Å². The van der Waals surface area contributed by atoms with E-state index in [1.807, 2.05) is 20.1 Å². The van der Waals surface area contributed by atoms with Crippen LogP contribution in [0.25, 0.3) is 0 Å². The molecule has 0 spiro atoms. The van der Waals surface area contributed by atoms with Crippen molar-refractivity contribution in [1.82, 2.24) is 9.71 Å². The highest BCUT2D eigenvalue weighted by Gasteiger charge is 2.19. The minimum absolute atomic E-state index is 0.0477. The molecule has 5 nitrogen and oxygen atoms in total. The van der Waals surface area contributed by atoms with Gasteiger partial charge in [-0.05, 0) is 31.7 Å². The van der Waals surface area contributed by atoms with Crippen molar-refractivity contribution in [3.8, 4) is 0 Å². The monoisotopic (exact) mass is 303 g/mol. The number of hydrogen-bond acceptors (Lipinski definition) is 5. The SMILES string of the molecule is CCNc1ccc(S(=O)(=O)NC(CC)CSC)cn1. The summed E-state index contributed by atoms with van der Waals surface area (Å²) in [6.07, 6.45) is 4.11. The van der Waals surface area contributed by atoms with Gasteiger partial charge < -0.3 is 5.32 Å². The van der Waals surface area contributed by atoms with Crippen molar-refractivity contribution >= 4 is 27.6 Å². The van der Waals surface area contributed by atoms with E-state index in [0.29, 0.717) is 5.82 Å². The molecule has 1 aromatic rings. The lowest BCUT2D eigenvalue weighted by atomic mass is 10.3. The van der Waals surface area contributed by atoms with Gasteiger partial charge in [0.15, 0.2) is 0 Å². The zero-order valence-corrected chi connectivity index (χ0v) is 13.1. The molecule has 0 aliphatic carbocycles. The molecule has 0 fully saturated rings. The number of hydrogen-bond donors (Lipinski definition) is 2. The Kier molecular flexibility index (Phi) is 6.60. The summed E-state index contributed by atoms with van der Waals surface area (Å²) in [4.78, 5) is 4.28. The Morgan fingerprint density at radius 2 is 2.11 bits per heavy atom. The van der Waals surface area contributed by atoms with Crippen molar-refractivity contribution in [1.29, 1.82) is 0 Å². The van der Waals surface area contributed by atoms with Gasteiger partial charge in [0.2, 0.25) is 10.0 Å². The summed E-state index contributed by atoms with van der Waals surface area (Å²) in [6.45, 7) is 4.68. The maximum atomic E-state index is 12.2. The van der Waals surface area contributed by atoms with E-state index in [-0.39, 0.29) is 10.9 Å². The molecule has 0 saturated heterocycles. The molecular formula is C12H21N3O2S2. The highest BCUT2D eigenvalue weighted by Crippen LogP contribution is 2.12. The fourth-order valence-corrected chi connectivity index (χ4v) is 3.64. The quantitative estimate of drug-likeness (QED) is 0.768. The van der Waals surface area contributed by atoms with Crippen molar-refractivity contribution < 1.29 is 8.42 Å². The highest BCUT2D eigenvalue weighted by atomic mass is 32.2. The van der Waals surface area contributed by atoms with Crippen LogP contribution in [0.15, 0.2) is 23.2 Å². The van der Waals surface area contributed by atoms with E-state index >= 15 is 0 Å². The summed E-state index contributed by atoms with van der Waals surface area (Å²) in [7, 11) is -3.48. The van der Waals surface area contributed by atoms with Gasteiger partial charge in [0, 0.05) is 24.5 Å². The maximum absolute atomic E-state index is 12.2. The molecule has 0 radical (unpaired) electrons. The van der Waals surface area contributed by atoms with Gasteiger partial charge in [-0.2, -0.15) is 11.8 Å². The number of rotatable bonds is 8. The molecule has 1 aromatic heterocycles. The largest absolute Gasteiger partial charge is 0.370 e. The van der Waals surface area contributed by atoms with Crippen LogP contribution in [-0.4, -0.2) is 38.0 Å². The third-order valence-corrected chi connectivity index (χ3v) is 4.83. The minimum Gasteiger partial charge on any atom is -0.370 e. The van der Waals surface area contributed by atoms with E-state index in [2.05, 4.69) is 15.0 Å². The molecule has 1 atom stereocenters. The fourth-order valence-electron chi connectivity index (χ4n) is 1.55. The van der Waals surface area contributed by atoms with E-state index < -0.39 is 10.0 Å². The van der Waals surface area contributed by atoms with Gasteiger partial charge in [0.1, 0.15) is 10.7 Å². The van der Waals surface area contributed by atoms with E-state index in [4.69, 9.17) is 0 Å². The first-order valence-corrected chi connectivity index (χ1v) is 9.12. The molecule has 0 bridgehead atoms. The molecule has 108 valence electrons. The van der Waals surface area contributed by atoms with Crippen LogP contribution in [0, 0.1) is 0 Å². The lowest BCUT2D eigenvalue weighted by Crippen LogP contribution is -2.36. The van der Waals surface area contributed by atoms with Crippen LogP contribution in [0.3, 0.4) is 0 Å². The Morgan fingerprint density at radius 3 is 2.58 bits per heavy atom. The van der Waals surface area contributed by atoms with Crippen LogP contribution in [0.1, 0.15) is 20.3 Å². The van der Waals surface area contributed by atoms with Crippen LogP contribution in [0.5, 0.6) is 0 Å². The number of anilines is 1. The van der Waals surface area contributed by atoms with Crippen molar-refractivity contribution in [2.45, 2.75) is 31.2 Å². The molecule has 0 aromatic carbocycles. The average molecular weight is 303 g/mol. The molecule has 1 heterocycles. The lowest BCUT2D eigenvalue weighted by molar-refractivity contribution is 0.558. The van der Waals surface area contributed by atoms with Gasteiger partial charge in [0.25, 0.3) is 0 Å². The topological polar surface area (TPSA) is 71.1 Å². The van der Waals surface area contributed by atoms with Gasteiger partial charge in [-0.3, -0.25) is 0 Å². The standard InChI is InChI=1S/C12H21N3O2S2/c1-4-10(9-18-3)15-19(16,17)11-6-7-12(13-5-2)14-8-11/h6-8,10,15H,4-5,9H2,1-3H3,(H,13,14). The molecule has 19 heavy (non-hydrogen) atoms. The first-order chi connectivity index (χ1) is 9.03. The second-order valence-electron chi connectivity index (χ2n) is 4.09. The molecule has 1 unspecified atom stereocenters. The summed E-state index contributed by atoms with van der Waals surface area (Å²) in [6, 6.07) is 3.20. The predicted molar refractivity (Wildman–Crippen MR) is 81.2 cm³/mol. The maximum Gasteiger partial charge on any atom is 0.242 e. The van der Waals surface area contributed by atoms with Gasteiger partial charge >= 0.3 is 0 Å². The van der Waals surface area contributed by atoms with Crippen molar-refractivity contribution in [2.24, 2.45) is 0 Å². The second kappa shape index (κ2) is 7.72. The molecule has 0 aliphatic rings. The Bertz CT molecular complexity index is 474. The summed E-state index contributed by atoms with van der Waals surface area (Å²) < 4.78 is 27.0. The van der Waals surface area contributed by atoms with Crippen molar-refractivity contribution in [3.63, 3.8) is 0 Å². The van der Waals surface area contributed by atoms with Crippen LogP contribution in [0.4, 0.5) is 5.82 Å². The van der Waals surface area contributed by atoms with Gasteiger partial charge in [0.05, 0.1) is 0 Å². The second-order valence-corrected chi connectivity index (χ2v) is 6.72. The van der Waals surface area contributed by atoms with E-state index in [1.165, 1.54) is 6.20 Å². The Hall–Kier alpha value is -0.790. The predicted octanol–water partition coefficient (Wildman–Crippen LogP) is 1.93. The Labute approximate surface area is 119 Å². The van der Waals surface area contributed by atoms with Crippen LogP contribution in [0.2, 0.25) is 0 Å². The third kappa shape index (κ3) is 5.00. The zero-order chi connectivity index (χ0) is 14.3. The smallest absolute Gasteiger partial charge is 0.242 e. The van der Waals surface area contributed by atoms with Crippen molar-refractivity contribution in [3.05, 3.63) is 18.3 Å². The van der Waals surface area contributed by atoms with Crippen LogP contribution in [-0.2, 0) is 10.0 Å². The molecule has 1 rings (SSSR count). The Balaban J connectivity index is 2.81. The normalized spacial score (nSPS) is 13.2. The first-order valence-electron chi connectivity index (χ1n) is 6.24. The number of aromatic nitrogens is 1. The number of sulfonamides is 1. The van der Waals surface area contributed by atoms with E-state index in [9.17, 15) is 8.42 Å². The molecule has 0 saturated carbocycles. The van der Waals surface area contributed by atoms with Crippen molar-refractivity contribution in [2.75, 3.05) is 23.9 Å². The number of nitrogens with zero attached hydrogens (tertiary/aromatic N) is 1. The van der Waals surface area contributed by atoms with Gasteiger partial charge in [-0.1, -0.05) is 6.92 Å². The molecule has 0 amide bonds. The summed E-state index contributed by atoms with van der Waals surface area (Å²) in [5.74, 6) is 1.44. The van der Waals surface area contributed by atoms with Crippen LogP contribution < -0.4 is 10.0 Å². The number of pyridine rings is 1. The van der Waals surface area contributed by atoms with Crippen LogP contribution >= 0.6 is 11.8 Å². The van der Waals surface area contributed by atoms with Gasteiger partial charge in [-0.25, -0.2) is 18.1 Å². The zero-order valence-electron chi connectivity index (χ0n) is 11.5. The third-order valence-electron chi connectivity index (χ3n) is 2.59. The number of nitrogens with one attached hydrogen (secondary N) is 2. The molecule has 2 N–H and O–H groups in total. The first kappa shape index (κ1) is 16.3. The molecule has 0 aliphatic heterocycles. The fraction of sp³-hybridized carbons (Fsp3) is 0.583. The highest BCUT2D eigenvalue weighted by molar-refractivity contribution is 7.98. The lowest BCUT2D eigenvalue weighted by Gasteiger charge is -2.15. The number of thioether (sulfide) groups is 1.